The van der Waals surface area contributed by atoms with Crippen LogP contribution in [-0.2, 0) is 0 Å². The third kappa shape index (κ3) is 3.45. The maximum atomic E-state index is 12.4. The van der Waals surface area contributed by atoms with Gasteiger partial charge in [-0.05, 0) is 29.6 Å². The van der Waals surface area contributed by atoms with Crippen LogP contribution in [0.25, 0.3) is 22.0 Å². The number of aromatic amines is 2. The number of thiophene rings is 1. The summed E-state index contributed by atoms with van der Waals surface area (Å²) in [7, 11) is 3.13. The van der Waals surface area contributed by atoms with Gasteiger partial charge in [-0.25, -0.2) is 0 Å². The number of hydrogen-bond acceptors (Lipinski definition) is 7. The van der Waals surface area contributed by atoms with E-state index >= 15 is 0 Å². The van der Waals surface area contributed by atoms with Crippen LogP contribution in [0.5, 0.6) is 11.5 Å². The molecule has 28 heavy (non-hydrogen) atoms. The molecule has 0 aliphatic heterocycles. The van der Waals surface area contributed by atoms with Crippen LogP contribution in [0.4, 0.5) is 5.95 Å². The minimum atomic E-state index is -0.411. The Balaban J connectivity index is 1.52. The number of benzene rings is 1. The predicted octanol–water partition coefficient (Wildman–Crippen LogP) is 3.19. The molecular formula is C18H16N6O3S. The molecule has 0 unspecified atom stereocenters. The minimum Gasteiger partial charge on any atom is -0.497 e. The number of hydrogen-bond donors (Lipinski definition) is 3. The summed E-state index contributed by atoms with van der Waals surface area (Å²) in [6.45, 7) is 0. The molecule has 0 atom stereocenters. The van der Waals surface area contributed by atoms with Crippen LogP contribution in [0.3, 0.4) is 0 Å². The van der Waals surface area contributed by atoms with E-state index in [-0.39, 0.29) is 11.6 Å². The van der Waals surface area contributed by atoms with Crippen molar-refractivity contribution in [2.45, 2.75) is 0 Å². The third-order valence-corrected chi connectivity index (χ3v) is 4.87. The fourth-order valence-corrected chi connectivity index (χ4v) is 3.29. The van der Waals surface area contributed by atoms with Gasteiger partial charge in [-0.15, -0.1) is 16.4 Å². The second-order valence-electron chi connectivity index (χ2n) is 5.67. The van der Waals surface area contributed by atoms with Crippen LogP contribution >= 0.6 is 11.3 Å². The van der Waals surface area contributed by atoms with E-state index in [0.717, 1.165) is 10.6 Å². The summed E-state index contributed by atoms with van der Waals surface area (Å²) in [5.74, 6) is 1.41. The number of rotatable bonds is 6. The maximum absolute atomic E-state index is 12.4. The van der Waals surface area contributed by atoms with Gasteiger partial charge in [0.2, 0.25) is 5.95 Å². The summed E-state index contributed by atoms with van der Waals surface area (Å²) >= 11 is 1.56. The van der Waals surface area contributed by atoms with E-state index in [1.807, 2.05) is 17.5 Å². The molecule has 0 aliphatic carbocycles. The Kier molecular flexibility index (Phi) is 4.77. The molecule has 0 radical (unpaired) electrons. The summed E-state index contributed by atoms with van der Waals surface area (Å²) in [5.41, 5.74) is 1.71. The van der Waals surface area contributed by atoms with Gasteiger partial charge in [0.15, 0.2) is 11.5 Å². The third-order valence-electron chi connectivity index (χ3n) is 3.97. The summed E-state index contributed by atoms with van der Waals surface area (Å²) in [6.07, 6.45) is 0. The molecule has 10 heteroatoms. The molecule has 142 valence electrons. The number of amides is 1. The zero-order valence-electron chi connectivity index (χ0n) is 15.0. The average molecular weight is 396 g/mol. The standard InChI is InChI=1S/C18H16N6O3S/c1-26-10-5-6-11(14(8-10)27-2)16-19-18(24-23-16)20-17(25)13-9-12(21-22-13)15-4-3-7-28-15/h3-9H,1-2H3,(H,21,22)(H2,19,20,23,24,25). The van der Waals surface area contributed by atoms with Crippen LogP contribution in [0, 0.1) is 0 Å². The lowest BCUT2D eigenvalue weighted by Crippen LogP contribution is -2.13. The van der Waals surface area contributed by atoms with Gasteiger partial charge in [0.05, 0.1) is 30.4 Å². The number of aromatic nitrogens is 5. The van der Waals surface area contributed by atoms with Crippen LogP contribution in [0.1, 0.15) is 10.5 Å². The van der Waals surface area contributed by atoms with Gasteiger partial charge in [-0.2, -0.15) is 10.1 Å². The molecule has 0 spiro atoms. The van der Waals surface area contributed by atoms with E-state index in [1.54, 1.807) is 49.8 Å². The molecule has 0 fully saturated rings. The molecule has 3 heterocycles. The summed E-state index contributed by atoms with van der Waals surface area (Å²) in [5, 5.41) is 18.3. The Bertz CT molecular complexity index is 1100. The number of carbonyl (C=O) groups excluding carboxylic acids is 1. The second-order valence-corrected chi connectivity index (χ2v) is 6.62. The molecular weight excluding hydrogens is 380 g/mol. The number of methoxy groups -OCH3 is 2. The van der Waals surface area contributed by atoms with Crippen LogP contribution < -0.4 is 14.8 Å². The Morgan fingerprint density at radius 2 is 2.00 bits per heavy atom. The first kappa shape index (κ1) is 17.7. The molecule has 0 saturated heterocycles. The van der Waals surface area contributed by atoms with Gasteiger partial charge in [0.1, 0.15) is 11.5 Å². The molecule has 1 aromatic carbocycles. The van der Waals surface area contributed by atoms with Gasteiger partial charge in [0.25, 0.3) is 5.91 Å². The lowest BCUT2D eigenvalue weighted by Gasteiger charge is -2.07. The van der Waals surface area contributed by atoms with Crippen molar-refractivity contribution in [1.82, 2.24) is 25.4 Å². The highest BCUT2D eigenvalue weighted by Crippen LogP contribution is 2.31. The van der Waals surface area contributed by atoms with Crippen molar-refractivity contribution in [3.05, 3.63) is 47.5 Å². The van der Waals surface area contributed by atoms with E-state index in [1.165, 1.54) is 0 Å². The minimum absolute atomic E-state index is 0.138. The highest BCUT2D eigenvalue weighted by atomic mass is 32.1. The van der Waals surface area contributed by atoms with Crippen molar-refractivity contribution >= 4 is 23.2 Å². The molecule has 3 N–H and O–H groups in total. The lowest BCUT2D eigenvalue weighted by atomic mass is 10.2. The first-order valence-electron chi connectivity index (χ1n) is 8.23. The summed E-state index contributed by atoms with van der Waals surface area (Å²) < 4.78 is 10.6. The number of nitrogens with zero attached hydrogens (tertiary/aromatic N) is 3. The zero-order chi connectivity index (χ0) is 19.5. The highest BCUT2D eigenvalue weighted by molar-refractivity contribution is 7.13. The van der Waals surface area contributed by atoms with Crippen molar-refractivity contribution in [2.24, 2.45) is 0 Å². The Labute approximate surface area is 163 Å². The van der Waals surface area contributed by atoms with Crippen molar-refractivity contribution < 1.29 is 14.3 Å². The quantitative estimate of drug-likeness (QED) is 0.461. The van der Waals surface area contributed by atoms with Gasteiger partial charge in [0, 0.05) is 6.07 Å². The molecule has 0 bridgehead atoms. The highest BCUT2D eigenvalue weighted by Gasteiger charge is 2.16. The fraction of sp³-hybridized carbons (Fsp3) is 0.111. The second kappa shape index (κ2) is 7.53. The van der Waals surface area contributed by atoms with Crippen molar-refractivity contribution in [2.75, 3.05) is 19.5 Å². The first-order chi connectivity index (χ1) is 13.7. The molecule has 3 aromatic heterocycles. The number of nitrogens with one attached hydrogen (secondary N) is 3. The van der Waals surface area contributed by atoms with Crippen LogP contribution in [-0.4, -0.2) is 45.5 Å². The number of carbonyl (C=O) groups is 1. The summed E-state index contributed by atoms with van der Waals surface area (Å²) in [6, 6.07) is 10.9. The number of anilines is 1. The Hall–Kier alpha value is -3.66. The maximum Gasteiger partial charge on any atom is 0.278 e. The Morgan fingerprint density at radius 3 is 2.75 bits per heavy atom. The predicted molar refractivity (Wildman–Crippen MR) is 105 cm³/mol. The van der Waals surface area contributed by atoms with Crippen LogP contribution in [0.15, 0.2) is 41.8 Å². The first-order valence-corrected chi connectivity index (χ1v) is 9.11. The Morgan fingerprint density at radius 1 is 1.11 bits per heavy atom. The smallest absolute Gasteiger partial charge is 0.278 e. The van der Waals surface area contributed by atoms with Gasteiger partial charge < -0.3 is 9.47 Å². The SMILES string of the molecule is COc1ccc(-c2nc(NC(=O)c3cc(-c4cccs4)[nH]n3)n[nH]2)c(OC)c1. The largest absolute Gasteiger partial charge is 0.497 e. The molecule has 1 amide bonds. The van der Waals surface area contributed by atoms with Crippen LogP contribution in [0.2, 0.25) is 0 Å². The molecule has 0 saturated carbocycles. The van der Waals surface area contributed by atoms with E-state index in [0.29, 0.717) is 22.9 Å². The topological polar surface area (TPSA) is 118 Å². The van der Waals surface area contributed by atoms with E-state index in [2.05, 4.69) is 30.7 Å². The van der Waals surface area contributed by atoms with Crippen molar-refractivity contribution in [3.63, 3.8) is 0 Å². The van der Waals surface area contributed by atoms with Gasteiger partial charge >= 0.3 is 0 Å². The molecule has 0 aliphatic rings. The van der Waals surface area contributed by atoms with E-state index < -0.39 is 5.91 Å². The summed E-state index contributed by atoms with van der Waals surface area (Å²) in [4.78, 5) is 17.7. The number of ether oxygens (including phenoxy) is 2. The van der Waals surface area contributed by atoms with Gasteiger partial charge in [-0.3, -0.25) is 20.3 Å². The molecule has 4 rings (SSSR count). The molecule has 9 nitrogen and oxygen atoms in total. The van der Waals surface area contributed by atoms with E-state index in [9.17, 15) is 4.79 Å². The molecule has 4 aromatic rings. The van der Waals surface area contributed by atoms with E-state index in [4.69, 9.17) is 9.47 Å². The number of H-pyrrole nitrogens is 2. The monoisotopic (exact) mass is 396 g/mol. The zero-order valence-corrected chi connectivity index (χ0v) is 15.8. The normalized spacial score (nSPS) is 10.6. The van der Waals surface area contributed by atoms with Crippen molar-refractivity contribution in [1.29, 1.82) is 0 Å². The fourth-order valence-electron chi connectivity index (χ4n) is 2.59. The van der Waals surface area contributed by atoms with Gasteiger partial charge in [-0.1, -0.05) is 6.07 Å². The van der Waals surface area contributed by atoms with Crippen molar-refractivity contribution in [3.8, 4) is 33.5 Å². The average Bonchev–Trinajstić information content (AvgIpc) is 3.48. The lowest BCUT2D eigenvalue weighted by molar-refractivity contribution is 0.102.